The Labute approximate surface area is 273 Å². The van der Waals surface area contributed by atoms with E-state index in [9.17, 15) is 0 Å². The van der Waals surface area contributed by atoms with E-state index in [0.717, 1.165) is 35.6 Å². The molecule has 6 aromatic carbocycles. The minimum Gasteiger partial charge on any atom is -0.345 e. The van der Waals surface area contributed by atoms with E-state index in [4.69, 9.17) is 0 Å². The van der Waals surface area contributed by atoms with Gasteiger partial charge in [-0.2, -0.15) is 0 Å². The van der Waals surface area contributed by atoms with Crippen LogP contribution >= 0.6 is 0 Å². The first-order valence-corrected chi connectivity index (χ1v) is 16.1. The van der Waals surface area contributed by atoms with E-state index < -0.39 is 0 Å². The van der Waals surface area contributed by atoms with Gasteiger partial charge in [0.1, 0.15) is 0 Å². The lowest BCUT2D eigenvalue weighted by Gasteiger charge is -2.27. The molecule has 0 radical (unpaired) electrons. The number of benzene rings is 6. The molecule has 0 unspecified atom stereocenters. The second-order valence-electron chi connectivity index (χ2n) is 11.9. The Morgan fingerprint density at radius 3 is 1.57 bits per heavy atom. The number of allylic oxidation sites excluding steroid dienone is 4. The van der Waals surface area contributed by atoms with Gasteiger partial charge in [-0.05, 0) is 114 Å². The van der Waals surface area contributed by atoms with Crippen LogP contribution < -0.4 is 9.80 Å². The van der Waals surface area contributed by atoms with Crippen LogP contribution in [0.3, 0.4) is 0 Å². The van der Waals surface area contributed by atoms with Gasteiger partial charge in [-0.3, -0.25) is 0 Å². The summed E-state index contributed by atoms with van der Waals surface area (Å²) < 4.78 is 0. The molecule has 0 atom stereocenters. The van der Waals surface area contributed by atoms with Gasteiger partial charge < -0.3 is 9.80 Å². The Hall–Kier alpha value is -5.60. The number of hydrogen-bond donors (Lipinski definition) is 0. The molecular weight excluding hydrogens is 556 g/mol. The van der Waals surface area contributed by atoms with Gasteiger partial charge in [0, 0.05) is 35.5 Å². The van der Waals surface area contributed by atoms with E-state index in [1.54, 1.807) is 0 Å². The molecule has 0 spiro atoms. The maximum atomic E-state index is 2.37. The first kappa shape index (κ1) is 29.1. The highest BCUT2D eigenvalue weighted by Crippen LogP contribution is 2.39. The molecule has 2 nitrogen and oxygen atoms in total. The normalized spacial score (nSPS) is 12.4. The Balaban J connectivity index is 1.23. The highest BCUT2D eigenvalue weighted by atomic mass is 15.1. The van der Waals surface area contributed by atoms with Crippen LogP contribution in [0.2, 0.25) is 0 Å². The maximum Gasteiger partial charge on any atom is 0.0467 e. The Kier molecular flexibility index (Phi) is 8.34. The smallest absolute Gasteiger partial charge is 0.0467 e. The van der Waals surface area contributed by atoms with Crippen molar-refractivity contribution in [1.29, 1.82) is 0 Å². The number of aryl methyl sites for hydroxylation is 1. The highest BCUT2D eigenvalue weighted by molar-refractivity contribution is 5.84. The summed E-state index contributed by atoms with van der Waals surface area (Å²) in [5, 5.41) is 0. The molecule has 0 bridgehead atoms. The molecule has 6 aromatic rings. The van der Waals surface area contributed by atoms with E-state index in [2.05, 4.69) is 194 Å². The molecule has 7 rings (SSSR count). The second-order valence-corrected chi connectivity index (χ2v) is 11.9. The third-order valence-corrected chi connectivity index (χ3v) is 8.78. The SMILES string of the molecule is Cc1ccc(N(C)c2ccc(-c3ccc(N(c4cccc(C5=CCCC=C5)c4)c4cccc(-c5ccccc5)c4)cc3)cc2)cc1. The first-order valence-electron chi connectivity index (χ1n) is 16.1. The molecular formula is C44H38N2. The summed E-state index contributed by atoms with van der Waals surface area (Å²) in [7, 11) is 2.12. The van der Waals surface area contributed by atoms with Crippen molar-refractivity contribution in [3.63, 3.8) is 0 Å². The quantitative estimate of drug-likeness (QED) is 0.173. The molecule has 0 N–H and O–H groups in total. The van der Waals surface area contributed by atoms with Crippen molar-refractivity contribution in [3.05, 3.63) is 181 Å². The second kappa shape index (κ2) is 13.2. The Bertz CT molecular complexity index is 1980. The molecule has 1 aliphatic rings. The van der Waals surface area contributed by atoms with Gasteiger partial charge in [-0.25, -0.2) is 0 Å². The molecule has 0 heterocycles. The van der Waals surface area contributed by atoms with Crippen molar-refractivity contribution in [1.82, 2.24) is 0 Å². The average molecular weight is 595 g/mol. The van der Waals surface area contributed by atoms with Crippen molar-refractivity contribution < 1.29 is 0 Å². The summed E-state index contributed by atoms with van der Waals surface area (Å²) in [6.45, 7) is 2.12. The fourth-order valence-corrected chi connectivity index (χ4v) is 6.15. The van der Waals surface area contributed by atoms with Crippen molar-refractivity contribution in [3.8, 4) is 22.3 Å². The zero-order valence-corrected chi connectivity index (χ0v) is 26.5. The average Bonchev–Trinajstić information content (AvgIpc) is 3.13. The summed E-state index contributed by atoms with van der Waals surface area (Å²) in [5.41, 5.74) is 14.3. The first-order chi connectivity index (χ1) is 22.6. The monoisotopic (exact) mass is 594 g/mol. The van der Waals surface area contributed by atoms with Crippen LogP contribution in [0.1, 0.15) is 24.0 Å². The van der Waals surface area contributed by atoms with Gasteiger partial charge >= 0.3 is 0 Å². The highest BCUT2D eigenvalue weighted by Gasteiger charge is 2.15. The summed E-state index contributed by atoms with van der Waals surface area (Å²) >= 11 is 0. The minimum absolute atomic E-state index is 1.09. The summed E-state index contributed by atoms with van der Waals surface area (Å²) in [6.07, 6.45) is 9.07. The van der Waals surface area contributed by atoms with Crippen LogP contribution in [-0.4, -0.2) is 7.05 Å². The third kappa shape index (κ3) is 6.29. The van der Waals surface area contributed by atoms with Crippen molar-refractivity contribution in [2.75, 3.05) is 16.8 Å². The van der Waals surface area contributed by atoms with Gasteiger partial charge in [-0.15, -0.1) is 0 Å². The molecule has 1 aliphatic carbocycles. The third-order valence-electron chi connectivity index (χ3n) is 8.78. The lowest BCUT2D eigenvalue weighted by Crippen LogP contribution is -2.10. The molecule has 0 saturated heterocycles. The zero-order chi connectivity index (χ0) is 31.3. The lowest BCUT2D eigenvalue weighted by atomic mass is 9.98. The molecule has 0 saturated carbocycles. The lowest BCUT2D eigenvalue weighted by molar-refractivity contribution is 1.04. The van der Waals surface area contributed by atoms with Crippen LogP contribution in [0.5, 0.6) is 0 Å². The summed E-state index contributed by atoms with van der Waals surface area (Å²) in [4.78, 5) is 4.59. The number of anilines is 5. The Morgan fingerprint density at radius 2 is 0.957 bits per heavy atom. The maximum absolute atomic E-state index is 2.37. The predicted molar refractivity (Wildman–Crippen MR) is 198 cm³/mol. The molecule has 0 aliphatic heterocycles. The predicted octanol–water partition coefficient (Wildman–Crippen LogP) is 12.3. The largest absolute Gasteiger partial charge is 0.345 e. The topological polar surface area (TPSA) is 6.48 Å². The van der Waals surface area contributed by atoms with E-state index >= 15 is 0 Å². The Morgan fingerprint density at radius 1 is 0.435 bits per heavy atom. The van der Waals surface area contributed by atoms with Crippen LogP contribution in [0, 0.1) is 6.92 Å². The van der Waals surface area contributed by atoms with E-state index in [1.165, 1.54) is 44.6 Å². The van der Waals surface area contributed by atoms with E-state index in [0.29, 0.717) is 0 Å². The van der Waals surface area contributed by atoms with E-state index in [-0.39, 0.29) is 0 Å². The molecule has 46 heavy (non-hydrogen) atoms. The zero-order valence-electron chi connectivity index (χ0n) is 26.5. The van der Waals surface area contributed by atoms with Crippen molar-refractivity contribution >= 4 is 34.0 Å². The molecule has 2 heteroatoms. The molecule has 224 valence electrons. The standard InChI is InChI=1S/C44H38N2/c1-33-19-25-40(26-20-33)45(2)41-27-21-36(22-28-41)37-23-29-42(30-24-37)46(43-17-9-15-38(31-43)34-11-5-3-6-12-34)44-18-10-16-39(32-44)35-13-7-4-8-14-35/h3,5-7,9-32H,4,8H2,1-2H3. The minimum atomic E-state index is 1.09. The number of nitrogens with zero attached hydrogens (tertiary/aromatic N) is 2. The van der Waals surface area contributed by atoms with Gasteiger partial charge in [0.25, 0.3) is 0 Å². The van der Waals surface area contributed by atoms with Crippen LogP contribution in [-0.2, 0) is 0 Å². The van der Waals surface area contributed by atoms with Crippen LogP contribution in [0.4, 0.5) is 28.4 Å². The van der Waals surface area contributed by atoms with Gasteiger partial charge in [0.15, 0.2) is 0 Å². The summed E-state index contributed by atoms with van der Waals surface area (Å²) in [6, 6.07) is 54.8. The number of rotatable bonds is 8. The molecule has 0 fully saturated rings. The number of hydrogen-bond acceptors (Lipinski definition) is 2. The van der Waals surface area contributed by atoms with Crippen molar-refractivity contribution in [2.24, 2.45) is 0 Å². The van der Waals surface area contributed by atoms with Gasteiger partial charge in [0.05, 0.1) is 0 Å². The van der Waals surface area contributed by atoms with E-state index in [1.807, 2.05) is 0 Å². The molecule has 0 aromatic heterocycles. The van der Waals surface area contributed by atoms with Gasteiger partial charge in [0.2, 0.25) is 0 Å². The fourth-order valence-electron chi connectivity index (χ4n) is 6.15. The van der Waals surface area contributed by atoms with Crippen molar-refractivity contribution in [2.45, 2.75) is 19.8 Å². The van der Waals surface area contributed by atoms with Gasteiger partial charge in [-0.1, -0.05) is 115 Å². The fraction of sp³-hybridized carbons (Fsp3) is 0.0909. The summed E-state index contributed by atoms with van der Waals surface area (Å²) in [5.74, 6) is 0. The molecule has 0 amide bonds. The van der Waals surface area contributed by atoms with Crippen LogP contribution in [0.15, 0.2) is 170 Å². The van der Waals surface area contributed by atoms with Crippen LogP contribution in [0.25, 0.3) is 27.8 Å².